The maximum Gasteiger partial charge on any atom is 0.317 e. The van der Waals surface area contributed by atoms with Crippen molar-refractivity contribution < 1.29 is 4.79 Å². The van der Waals surface area contributed by atoms with Crippen LogP contribution >= 0.6 is 0 Å². The quantitative estimate of drug-likeness (QED) is 0.824. The summed E-state index contributed by atoms with van der Waals surface area (Å²) in [6.45, 7) is 4.32. The third kappa shape index (κ3) is 2.22. The van der Waals surface area contributed by atoms with Gasteiger partial charge in [0.2, 0.25) is 5.95 Å². The highest BCUT2D eigenvalue weighted by molar-refractivity contribution is 5.77. The summed E-state index contributed by atoms with van der Waals surface area (Å²) in [5.74, 6) is 0.969. The van der Waals surface area contributed by atoms with Gasteiger partial charge in [0.05, 0.1) is 17.9 Å². The van der Waals surface area contributed by atoms with Crippen LogP contribution in [0, 0.1) is 0 Å². The van der Waals surface area contributed by atoms with Gasteiger partial charge in [-0.25, -0.2) is 9.78 Å². The third-order valence-electron chi connectivity index (χ3n) is 4.16. The predicted octanol–water partition coefficient (Wildman–Crippen LogP) is -0.304. The van der Waals surface area contributed by atoms with E-state index in [9.17, 15) is 4.79 Å². The SMILES string of the molecule is CN(C)c1ncc(CN2CCN3C(=O)NCC3C2)n1C. The lowest BCUT2D eigenvalue weighted by Crippen LogP contribution is -2.51. The van der Waals surface area contributed by atoms with Gasteiger partial charge in [-0.2, -0.15) is 0 Å². The number of amides is 2. The van der Waals surface area contributed by atoms with Gasteiger partial charge in [-0.3, -0.25) is 4.90 Å². The minimum absolute atomic E-state index is 0.0880. The summed E-state index contributed by atoms with van der Waals surface area (Å²) >= 11 is 0. The van der Waals surface area contributed by atoms with E-state index >= 15 is 0 Å². The van der Waals surface area contributed by atoms with Gasteiger partial charge in [0, 0.05) is 53.9 Å². The van der Waals surface area contributed by atoms with Crippen LogP contribution in [0.2, 0.25) is 0 Å². The minimum Gasteiger partial charge on any atom is -0.348 e. The summed E-state index contributed by atoms with van der Waals surface area (Å²) in [7, 11) is 6.05. The van der Waals surface area contributed by atoms with Crippen LogP contribution in [0.15, 0.2) is 6.20 Å². The predicted molar refractivity (Wildman–Crippen MR) is 76.7 cm³/mol. The average molecular weight is 278 g/mol. The van der Waals surface area contributed by atoms with Gasteiger partial charge < -0.3 is 19.7 Å². The molecular formula is C13H22N6O. The lowest BCUT2D eigenvalue weighted by atomic mass is 10.2. The number of aromatic nitrogens is 2. The molecule has 1 unspecified atom stereocenters. The lowest BCUT2D eigenvalue weighted by Gasteiger charge is -2.36. The number of nitrogens with zero attached hydrogens (tertiary/aromatic N) is 5. The maximum absolute atomic E-state index is 11.6. The highest BCUT2D eigenvalue weighted by atomic mass is 16.2. The molecule has 20 heavy (non-hydrogen) atoms. The molecule has 3 heterocycles. The zero-order valence-corrected chi connectivity index (χ0v) is 12.3. The number of imidazole rings is 1. The van der Waals surface area contributed by atoms with E-state index in [2.05, 4.69) is 26.8 Å². The zero-order chi connectivity index (χ0) is 14.3. The van der Waals surface area contributed by atoms with Gasteiger partial charge >= 0.3 is 6.03 Å². The molecule has 7 nitrogen and oxygen atoms in total. The number of piperazine rings is 1. The van der Waals surface area contributed by atoms with Crippen LogP contribution in [-0.2, 0) is 13.6 Å². The molecule has 0 aromatic carbocycles. The van der Waals surface area contributed by atoms with Crippen molar-refractivity contribution in [3.05, 3.63) is 11.9 Å². The first-order chi connectivity index (χ1) is 9.56. The molecule has 0 bridgehead atoms. The summed E-state index contributed by atoms with van der Waals surface area (Å²) < 4.78 is 2.13. The summed E-state index contributed by atoms with van der Waals surface area (Å²) in [5.41, 5.74) is 1.21. The second kappa shape index (κ2) is 4.97. The smallest absolute Gasteiger partial charge is 0.317 e. The highest BCUT2D eigenvalue weighted by Crippen LogP contribution is 2.18. The van der Waals surface area contributed by atoms with Gasteiger partial charge in [-0.05, 0) is 0 Å². The summed E-state index contributed by atoms with van der Waals surface area (Å²) in [5, 5.41) is 2.91. The fraction of sp³-hybridized carbons (Fsp3) is 0.692. The Labute approximate surface area is 119 Å². The number of hydrogen-bond donors (Lipinski definition) is 1. The van der Waals surface area contributed by atoms with Gasteiger partial charge in [-0.1, -0.05) is 0 Å². The lowest BCUT2D eigenvalue weighted by molar-refractivity contribution is 0.115. The molecule has 0 saturated carbocycles. The summed E-state index contributed by atoms with van der Waals surface area (Å²) in [6, 6.07) is 0.405. The van der Waals surface area contributed by atoms with Crippen LogP contribution in [-0.4, -0.2) is 71.7 Å². The van der Waals surface area contributed by atoms with Crippen molar-refractivity contribution in [2.45, 2.75) is 12.6 Å². The standard InChI is InChI=1S/C13H22N6O/c1-16(2)12-14-6-10(17(12)3)8-18-4-5-19-11(9-18)7-15-13(19)20/h6,11H,4-5,7-9H2,1-3H3,(H,15,20). The zero-order valence-electron chi connectivity index (χ0n) is 12.3. The first-order valence-corrected chi connectivity index (χ1v) is 7.01. The molecule has 0 spiro atoms. The van der Waals surface area contributed by atoms with Crippen LogP contribution in [0.4, 0.5) is 10.7 Å². The van der Waals surface area contributed by atoms with Gasteiger partial charge in [0.25, 0.3) is 0 Å². The minimum atomic E-state index is 0.0880. The molecular weight excluding hydrogens is 256 g/mol. The average Bonchev–Trinajstić information content (AvgIpc) is 2.95. The molecule has 2 aliphatic heterocycles. The highest BCUT2D eigenvalue weighted by Gasteiger charge is 2.35. The van der Waals surface area contributed by atoms with Crippen LogP contribution in [0.1, 0.15) is 5.69 Å². The Bertz CT molecular complexity index is 511. The maximum atomic E-state index is 11.6. The topological polar surface area (TPSA) is 56.6 Å². The Kier molecular flexibility index (Phi) is 3.29. The molecule has 0 radical (unpaired) electrons. The van der Waals surface area contributed by atoms with E-state index in [1.165, 1.54) is 5.69 Å². The molecule has 0 aliphatic carbocycles. The van der Waals surface area contributed by atoms with E-state index in [1.807, 2.05) is 30.1 Å². The van der Waals surface area contributed by atoms with E-state index < -0.39 is 0 Å². The van der Waals surface area contributed by atoms with Crippen molar-refractivity contribution in [2.24, 2.45) is 7.05 Å². The number of fused-ring (bicyclic) bond motifs is 1. The Morgan fingerprint density at radius 3 is 2.95 bits per heavy atom. The first-order valence-electron chi connectivity index (χ1n) is 7.01. The number of anilines is 1. The second-order valence-electron chi connectivity index (χ2n) is 5.77. The van der Waals surface area contributed by atoms with E-state index in [0.29, 0.717) is 6.04 Å². The van der Waals surface area contributed by atoms with Crippen molar-refractivity contribution in [1.82, 2.24) is 24.7 Å². The van der Waals surface area contributed by atoms with Crippen molar-refractivity contribution in [3.8, 4) is 0 Å². The Balaban J connectivity index is 1.66. The normalized spacial score (nSPS) is 22.9. The third-order valence-corrected chi connectivity index (χ3v) is 4.16. The van der Waals surface area contributed by atoms with Gasteiger partial charge in [0.1, 0.15) is 0 Å². The fourth-order valence-electron chi connectivity index (χ4n) is 3.04. The van der Waals surface area contributed by atoms with E-state index in [-0.39, 0.29) is 6.03 Å². The molecule has 1 N–H and O–H groups in total. The molecule has 1 atom stereocenters. The molecule has 2 amide bonds. The van der Waals surface area contributed by atoms with E-state index in [0.717, 1.165) is 38.7 Å². The van der Waals surface area contributed by atoms with Gasteiger partial charge in [-0.15, -0.1) is 0 Å². The largest absolute Gasteiger partial charge is 0.348 e. The number of carbonyl (C=O) groups excluding carboxylic acids is 1. The first kappa shape index (κ1) is 13.2. The van der Waals surface area contributed by atoms with Crippen LogP contribution in [0.5, 0.6) is 0 Å². The molecule has 3 rings (SSSR count). The van der Waals surface area contributed by atoms with Crippen molar-refractivity contribution in [2.75, 3.05) is 45.2 Å². The Hall–Kier alpha value is -1.76. The monoisotopic (exact) mass is 278 g/mol. The molecule has 2 fully saturated rings. The van der Waals surface area contributed by atoms with E-state index in [1.54, 1.807) is 0 Å². The summed E-state index contributed by atoms with van der Waals surface area (Å²) in [4.78, 5) is 22.4. The number of urea groups is 1. The van der Waals surface area contributed by atoms with E-state index in [4.69, 9.17) is 0 Å². The second-order valence-corrected chi connectivity index (χ2v) is 5.77. The van der Waals surface area contributed by atoms with Crippen molar-refractivity contribution in [3.63, 3.8) is 0 Å². The van der Waals surface area contributed by atoms with Gasteiger partial charge in [0.15, 0.2) is 0 Å². The Morgan fingerprint density at radius 2 is 2.25 bits per heavy atom. The number of rotatable bonds is 3. The molecule has 2 saturated heterocycles. The molecule has 7 heteroatoms. The summed E-state index contributed by atoms with van der Waals surface area (Å²) in [6.07, 6.45) is 1.94. The molecule has 2 aliphatic rings. The van der Waals surface area contributed by atoms with Crippen LogP contribution in [0.25, 0.3) is 0 Å². The van der Waals surface area contributed by atoms with Crippen molar-refractivity contribution >= 4 is 12.0 Å². The number of nitrogens with one attached hydrogen (secondary N) is 1. The number of hydrogen-bond acceptors (Lipinski definition) is 4. The fourth-order valence-corrected chi connectivity index (χ4v) is 3.04. The van der Waals surface area contributed by atoms with Crippen LogP contribution < -0.4 is 10.2 Å². The molecule has 110 valence electrons. The van der Waals surface area contributed by atoms with Crippen LogP contribution in [0.3, 0.4) is 0 Å². The number of carbonyl (C=O) groups is 1. The molecule has 1 aromatic rings. The van der Waals surface area contributed by atoms with Crippen molar-refractivity contribution in [1.29, 1.82) is 0 Å². The molecule has 1 aromatic heterocycles. The Morgan fingerprint density at radius 1 is 1.45 bits per heavy atom.